The summed E-state index contributed by atoms with van der Waals surface area (Å²) in [6, 6.07) is 0.528. The molecule has 2 N–H and O–H groups in total. The highest BCUT2D eigenvalue weighted by Crippen LogP contribution is 2.24. The van der Waals surface area contributed by atoms with Gasteiger partial charge in [0.1, 0.15) is 0 Å². The lowest BCUT2D eigenvalue weighted by Gasteiger charge is -2.23. The first kappa shape index (κ1) is 13.3. The standard InChI is InChI=1S/C12H21N3O3/c1-2-4-10-13-14-11(18-10)15-7-3-5-12(17,9-16)6-8-15/h16-17H,2-9H2,1H3/t12-/m0/s1. The van der Waals surface area contributed by atoms with E-state index in [2.05, 4.69) is 17.1 Å². The molecular formula is C12H21N3O3. The second-order valence-corrected chi connectivity index (χ2v) is 4.95. The molecule has 0 radical (unpaired) electrons. The van der Waals surface area contributed by atoms with E-state index in [1.54, 1.807) is 0 Å². The van der Waals surface area contributed by atoms with Gasteiger partial charge in [0.2, 0.25) is 5.89 Å². The fourth-order valence-electron chi connectivity index (χ4n) is 2.22. The van der Waals surface area contributed by atoms with Crippen molar-refractivity contribution < 1.29 is 14.6 Å². The van der Waals surface area contributed by atoms with Crippen molar-refractivity contribution in [2.45, 2.75) is 44.6 Å². The Kier molecular flexibility index (Phi) is 4.19. The summed E-state index contributed by atoms with van der Waals surface area (Å²) >= 11 is 0. The molecule has 1 aromatic heterocycles. The van der Waals surface area contributed by atoms with Crippen LogP contribution in [0.25, 0.3) is 0 Å². The Balaban J connectivity index is 2.00. The molecule has 1 fully saturated rings. The maximum Gasteiger partial charge on any atom is 0.318 e. The van der Waals surface area contributed by atoms with Crippen LogP contribution in [0.1, 0.15) is 38.5 Å². The lowest BCUT2D eigenvalue weighted by molar-refractivity contribution is -0.0232. The largest absolute Gasteiger partial charge is 0.408 e. The van der Waals surface area contributed by atoms with Crippen LogP contribution in [-0.2, 0) is 6.42 Å². The minimum absolute atomic E-state index is 0.189. The quantitative estimate of drug-likeness (QED) is 0.825. The lowest BCUT2D eigenvalue weighted by Crippen LogP contribution is -2.34. The molecule has 0 spiro atoms. The number of aliphatic hydroxyl groups excluding tert-OH is 1. The normalized spacial score (nSPS) is 25.2. The SMILES string of the molecule is CCCc1nnc(N2CCC[C@@](O)(CO)CC2)o1. The third-order valence-corrected chi connectivity index (χ3v) is 3.40. The second kappa shape index (κ2) is 5.67. The molecular weight excluding hydrogens is 234 g/mol. The summed E-state index contributed by atoms with van der Waals surface area (Å²) in [7, 11) is 0. The highest BCUT2D eigenvalue weighted by Gasteiger charge is 2.30. The van der Waals surface area contributed by atoms with Gasteiger partial charge in [0, 0.05) is 19.5 Å². The molecule has 18 heavy (non-hydrogen) atoms. The van der Waals surface area contributed by atoms with Crippen molar-refractivity contribution in [2.24, 2.45) is 0 Å². The van der Waals surface area contributed by atoms with E-state index in [-0.39, 0.29) is 6.61 Å². The van der Waals surface area contributed by atoms with Gasteiger partial charge in [-0.25, -0.2) is 0 Å². The van der Waals surface area contributed by atoms with Gasteiger partial charge in [-0.1, -0.05) is 12.0 Å². The van der Waals surface area contributed by atoms with Crippen LogP contribution in [0.5, 0.6) is 0 Å². The monoisotopic (exact) mass is 255 g/mol. The molecule has 102 valence electrons. The van der Waals surface area contributed by atoms with E-state index in [0.717, 1.165) is 25.8 Å². The fraction of sp³-hybridized carbons (Fsp3) is 0.833. The summed E-state index contributed by atoms with van der Waals surface area (Å²) in [6.45, 7) is 3.28. The van der Waals surface area contributed by atoms with Crippen LogP contribution in [0.2, 0.25) is 0 Å². The van der Waals surface area contributed by atoms with Crippen LogP contribution in [0.4, 0.5) is 6.01 Å². The molecule has 1 saturated heterocycles. The Bertz CT molecular complexity index is 382. The Hall–Kier alpha value is -1.14. The van der Waals surface area contributed by atoms with Crippen LogP contribution in [-0.4, -0.2) is 45.7 Å². The van der Waals surface area contributed by atoms with Crippen molar-refractivity contribution in [1.29, 1.82) is 0 Å². The number of aryl methyl sites for hydroxylation is 1. The average molecular weight is 255 g/mol. The molecule has 1 atom stereocenters. The molecule has 0 bridgehead atoms. The molecule has 1 aliphatic rings. The number of anilines is 1. The van der Waals surface area contributed by atoms with Gasteiger partial charge in [-0.05, 0) is 25.7 Å². The fourth-order valence-corrected chi connectivity index (χ4v) is 2.22. The molecule has 2 heterocycles. The Morgan fingerprint density at radius 3 is 2.89 bits per heavy atom. The van der Waals surface area contributed by atoms with Gasteiger partial charge in [0.15, 0.2) is 0 Å². The maximum atomic E-state index is 10.1. The Labute approximate surface area is 107 Å². The number of hydrogen-bond donors (Lipinski definition) is 2. The second-order valence-electron chi connectivity index (χ2n) is 4.95. The Morgan fingerprint density at radius 2 is 2.17 bits per heavy atom. The third kappa shape index (κ3) is 3.00. The minimum Gasteiger partial charge on any atom is -0.408 e. The summed E-state index contributed by atoms with van der Waals surface area (Å²) in [5.41, 5.74) is -0.957. The third-order valence-electron chi connectivity index (χ3n) is 3.40. The van der Waals surface area contributed by atoms with E-state index in [0.29, 0.717) is 31.3 Å². The van der Waals surface area contributed by atoms with Crippen LogP contribution in [0.3, 0.4) is 0 Å². The molecule has 6 heteroatoms. The van der Waals surface area contributed by atoms with Gasteiger partial charge in [0.05, 0.1) is 12.2 Å². The van der Waals surface area contributed by atoms with Crippen LogP contribution < -0.4 is 4.90 Å². The lowest BCUT2D eigenvalue weighted by atomic mass is 9.96. The van der Waals surface area contributed by atoms with Crippen molar-refractivity contribution in [3.63, 3.8) is 0 Å². The number of nitrogens with zero attached hydrogens (tertiary/aromatic N) is 3. The van der Waals surface area contributed by atoms with E-state index >= 15 is 0 Å². The van der Waals surface area contributed by atoms with Gasteiger partial charge in [-0.3, -0.25) is 0 Å². The van der Waals surface area contributed by atoms with Crippen molar-refractivity contribution in [2.75, 3.05) is 24.6 Å². The van der Waals surface area contributed by atoms with Crippen LogP contribution in [0, 0.1) is 0 Å². The molecule has 6 nitrogen and oxygen atoms in total. The van der Waals surface area contributed by atoms with Gasteiger partial charge in [-0.15, -0.1) is 5.10 Å². The molecule has 0 unspecified atom stereocenters. The number of hydrogen-bond acceptors (Lipinski definition) is 6. The summed E-state index contributed by atoms with van der Waals surface area (Å²) in [5, 5.41) is 27.3. The highest BCUT2D eigenvalue weighted by atomic mass is 16.4. The molecule has 0 amide bonds. The predicted octanol–water partition coefficient (Wildman–Crippen LogP) is 0.736. The first-order valence-electron chi connectivity index (χ1n) is 6.57. The van der Waals surface area contributed by atoms with E-state index < -0.39 is 5.60 Å². The summed E-state index contributed by atoms with van der Waals surface area (Å²) in [4.78, 5) is 1.99. The van der Waals surface area contributed by atoms with Crippen molar-refractivity contribution in [1.82, 2.24) is 10.2 Å². The summed E-state index contributed by atoms with van der Waals surface area (Å²) < 4.78 is 5.58. The van der Waals surface area contributed by atoms with Gasteiger partial charge >= 0.3 is 6.01 Å². The number of aliphatic hydroxyl groups is 2. The zero-order chi connectivity index (χ0) is 13.0. The smallest absolute Gasteiger partial charge is 0.318 e. The van der Waals surface area contributed by atoms with Gasteiger partial charge in [-0.2, -0.15) is 0 Å². The first-order valence-corrected chi connectivity index (χ1v) is 6.57. The van der Waals surface area contributed by atoms with Gasteiger partial charge in [0.25, 0.3) is 0 Å². The maximum absolute atomic E-state index is 10.1. The molecule has 0 aromatic carbocycles. The van der Waals surface area contributed by atoms with E-state index in [9.17, 15) is 10.2 Å². The predicted molar refractivity (Wildman–Crippen MR) is 66.4 cm³/mol. The number of aromatic nitrogens is 2. The molecule has 1 aliphatic heterocycles. The summed E-state index contributed by atoms with van der Waals surface area (Å²) in [5.74, 6) is 0.661. The zero-order valence-electron chi connectivity index (χ0n) is 10.8. The molecule has 1 aromatic rings. The van der Waals surface area contributed by atoms with Crippen LogP contribution in [0.15, 0.2) is 4.42 Å². The molecule has 0 aliphatic carbocycles. The zero-order valence-corrected chi connectivity index (χ0v) is 10.8. The van der Waals surface area contributed by atoms with Gasteiger partial charge < -0.3 is 19.5 Å². The van der Waals surface area contributed by atoms with Crippen LogP contribution >= 0.6 is 0 Å². The molecule has 2 rings (SSSR count). The summed E-state index contributed by atoms with van der Waals surface area (Å²) in [6.07, 6.45) is 3.71. The topological polar surface area (TPSA) is 82.6 Å². The number of rotatable bonds is 4. The average Bonchev–Trinajstić information content (AvgIpc) is 2.73. The first-order chi connectivity index (χ1) is 8.67. The van der Waals surface area contributed by atoms with Crippen molar-refractivity contribution in [3.8, 4) is 0 Å². The Morgan fingerprint density at radius 1 is 1.33 bits per heavy atom. The molecule has 0 saturated carbocycles. The van der Waals surface area contributed by atoms with Crippen molar-refractivity contribution in [3.05, 3.63) is 5.89 Å². The van der Waals surface area contributed by atoms with E-state index in [1.807, 2.05) is 4.90 Å². The van der Waals surface area contributed by atoms with Crippen molar-refractivity contribution >= 4 is 6.01 Å². The highest BCUT2D eigenvalue weighted by molar-refractivity contribution is 5.24. The van der Waals surface area contributed by atoms with E-state index in [1.165, 1.54) is 0 Å². The minimum atomic E-state index is -0.957. The van der Waals surface area contributed by atoms with E-state index in [4.69, 9.17) is 4.42 Å².